The third-order valence-corrected chi connectivity index (χ3v) is 4.86. The van der Waals surface area contributed by atoms with Crippen LogP contribution in [0.4, 0.5) is 21.2 Å². The monoisotopic (exact) mass is 435 g/mol. The largest absolute Gasteiger partial charge is 0.480 e. The summed E-state index contributed by atoms with van der Waals surface area (Å²) in [5.74, 6) is 0.616. The third-order valence-electron chi connectivity index (χ3n) is 4.86. The number of hydrogen-bond donors (Lipinski definition) is 3. The number of anilines is 2. The number of rotatable bonds is 3. The van der Waals surface area contributed by atoms with Gasteiger partial charge in [-0.15, -0.1) is 0 Å². The van der Waals surface area contributed by atoms with Crippen LogP contribution in [0.15, 0.2) is 12.1 Å². The van der Waals surface area contributed by atoms with Crippen molar-refractivity contribution in [1.82, 2.24) is 10.3 Å². The molecule has 31 heavy (non-hydrogen) atoms. The molecule has 11 heteroatoms. The number of carbonyl (C=O) groups is 3. The van der Waals surface area contributed by atoms with Crippen LogP contribution >= 0.6 is 0 Å². The molecule has 1 aromatic rings. The van der Waals surface area contributed by atoms with Crippen molar-refractivity contribution in [3.05, 3.63) is 12.1 Å². The fourth-order valence-corrected chi connectivity index (χ4v) is 3.37. The summed E-state index contributed by atoms with van der Waals surface area (Å²) in [7, 11) is 1.51. The molecule has 4 N–H and O–H groups in total. The Morgan fingerprint density at radius 3 is 2.77 bits per heavy atom. The second-order valence-corrected chi connectivity index (χ2v) is 8.66. The maximum Gasteiger partial charge on any atom is 0.415 e. The molecule has 0 bridgehead atoms. The topological polar surface area (TPSA) is 145 Å². The Bertz CT molecular complexity index is 855. The highest BCUT2D eigenvalue weighted by Crippen LogP contribution is 2.29. The van der Waals surface area contributed by atoms with E-state index >= 15 is 0 Å². The van der Waals surface area contributed by atoms with Crippen LogP contribution in [-0.2, 0) is 14.3 Å². The summed E-state index contributed by atoms with van der Waals surface area (Å²) in [5.41, 5.74) is 5.40. The van der Waals surface area contributed by atoms with Gasteiger partial charge in [-0.25, -0.2) is 14.6 Å². The van der Waals surface area contributed by atoms with Crippen molar-refractivity contribution >= 4 is 29.7 Å². The van der Waals surface area contributed by atoms with Crippen molar-refractivity contribution in [3.8, 4) is 5.75 Å². The minimum Gasteiger partial charge on any atom is -0.480 e. The summed E-state index contributed by atoms with van der Waals surface area (Å²) < 4.78 is 16.3. The Morgan fingerprint density at radius 2 is 2.06 bits per heavy atom. The molecule has 0 radical (unpaired) electrons. The van der Waals surface area contributed by atoms with Crippen molar-refractivity contribution in [2.24, 2.45) is 5.73 Å². The Labute approximate surface area is 180 Å². The van der Waals surface area contributed by atoms with Gasteiger partial charge in [-0.05, 0) is 52.2 Å². The second-order valence-electron chi connectivity index (χ2n) is 8.66. The number of nitrogens with zero attached hydrogens (tertiary/aromatic N) is 2. The predicted octanol–water partition coefficient (Wildman–Crippen LogP) is 1.76. The van der Waals surface area contributed by atoms with Crippen LogP contribution in [0.5, 0.6) is 5.75 Å². The quantitative estimate of drug-likeness (QED) is 0.651. The number of hydrogen-bond acceptors (Lipinski definition) is 8. The molecule has 2 aliphatic rings. The zero-order chi connectivity index (χ0) is 22.8. The van der Waals surface area contributed by atoms with E-state index in [9.17, 15) is 14.4 Å². The number of nitrogens with one attached hydrogen (secondary N) is 2. The molecule has 170 valence electrons. The van der Waals surface area contributed by atoms with Gasteiger partial charge in [-0.2, -0.15) is 0 Å². The van der Waals surface area contributed by atoms with Gasteiger partial charge in [-0.1, -0.05) is 0 Å². The van der Waals surface area contributed by atoms with E-state index in [0.717, 1.165) is 0 Å². The number of aromatic nitrogens is 1. The average Bonchev–Trinajstić information content (AvgIpc) is 2.67. The number of alkyl carbamates (subject to hydrolysis) is 1. The van der Waals surface area contributed by atoms with Crippen molar-refractivity contribution in [1.29, 1.82) is 0 Å². The molecule has 0 saturated heterocycles. The van der Waals surface area contributed by atoms with E-state index in [2.05, 4.69) is 15.6 Å². The lowest BCUT2D eigenvalue weighted by atomic mass is 9.89. The summed E-state index contributed by atoms with van der Waals surface area (Å²) in [5, 5.41) is 5.37. The molecule has 1 fully saturated rings. The number of pyridine rings is 1. The molecule has 11 nitrogen and oxygen atoms in total. The molecule has 2 heterocycles. The smallest absolute Gasteiger partial charge is 0.415 e. The molecule has 0 aromatic carbocycles. The third kappa shape index (κ3) is 5.97. The van der Waals surface area contributed by atoms with Crippen molar-refractivity contribution in [2.45, 2.75) is 63.8 Å². The zero-order valence-electron chi connectivity index (χ0n) is 18.1. The zero-order valence-corrected chi connectivity index (χ0v) is 18.1. The lowest BCUT2D eigenvalue weighted by molar-refractivity contribution is -0.118. The molecule has 1 aliphatic heterocycles. The minimum absolute atomic E-state index is 0.0816. The highest BCUT2D eigenvalue weighted by atomic mass is 16.6. The van der Waals surface area contributed by atoms with Crippen LogP contribution in [0.25, 0.3) is 0 Å². The van der Waals surface area contributed by atoms with E-state index < -0.39 is 29.9 Å². The summed E-state index contributed by atoms with van der Waals surface area (Å²) in [6.45, 7) is 5.22. The molecular formula is C20H29N5O6. The van der Waals surface area contributed by atoms with E-state index in [-0.39, 0.29) is 30.2 Å². The van der Waals surface area contributed by atoms with E-state index in [0.29, 0.717) is 25.0 Å². The van der Waals surface area contributed by atoms with Crippen LogP contribution in [0.1, 0.15) is 40.0 Å². The first kappa shape index (κ1) is 22.6. The van der Waals surface area contributed by atoms with E-state index in [1.165, 1.54) is 11.9 Å². The average molecular weight is 435 g/mol. The number of ether oxygens (including phenoxy) is 3. The lowest BCUT2D eigenvalue weighted by Gasteiger charge is -2.35. The maximum atomic E-state index is 12.8. The molecular weight excluding hydrogens is 406 g/mol. The van der Waals surface area contributed by atoms with Crippen molar-refractivity contribution in [2.75, 3.05) is 23.9 Å². The molecule has 3 rings (SSSR count). The first-order valence-electron chi connectivity index (χ1n) is 10.1. The summed E-state index contributed by atoms with van der Waals surface area (Å²) in [6, 6.07) is 2.62. The molecule has 3 amide bonds. The van der Waals surface area contributed by atoms with E-state index in [4.69, 9.17) is 19.9 Å². The van der Waals surface area contributed by atoms with Gasteiger partial charge in [0.25, 0.3) is 5.91 Å². The van der Waals surface area contributed by atoms with Crippen molar-refractivity contribution < 1.29 is 28.6 Å². The number of fused-ring (bicyclic) bond motifs is 1. The molecule has 1 saturated carbocycles. The van der Waals surface area contributed by atoms with E-state index in [1.54, 1.807) is 32.9 Å². The number of carbonyl (C=O) groups excluding carboxylic acids is 3. The molecule has 0 spiro atoms. The fraction of sp³-hybridized carbons (Fsp3) is 0.600. The van der Waals surface area contributed by atoms with Gasteiger partial charge in [0.2, 0.25) is 0 Å². The first-order valence-corrected chi connectivity index (χ1v) is 10.1. The van der Waals surface area contributed by atoms with Crippen LogP contribution in [-0.4, -0.2) is 60.5 Å². The molecule has 1 aromatic heterocycles. The van der Waals surface area contributed by atoms with Gasteiger partial charge in [-0.3, -0.25) is 9.69 Å². The van der Waals surface area contributed by atoms with Crippen LogP contribution in [0.2, 0.25) is 0 Å². The number of amides is 3. The summed E-state index contributed by atoms with van der Waals surface area (Å²) >= 11 is 0. The molecule has 1 aliphatic carbocycles. The van der Waals surface area contributed by atoms with Gasteiger partial charge in [0, 0.05) is 13.1 Å². The van der Waals surface area contributed by atoms with Gasteiger partial charge in [0.1, 0.15) is 17.5 Å². The van der Waals surface area contributed by atoms with Gasteiger partial charge in [0.05, 0.1) is 6.04 Å². The van der Waals surface area contributed by atoms with Gasteiger partial charge < -0.3 is 30.6 Å². The van der Waals surface area contributed by atoms with Crippen LogP contribution < -0.4 is 26.0 Å². The lowest BCUT2D eigenvalue weighted by Crippen LogP contribution is -2.53. The molecule has 0 unspecified atom stereocenters. The minimum atomic E-state index is -0.648. The predicted molar refractivity (Wildman–Crippen MR) is 112 cm³/mol. The van der Waals surface area contributed by atoms with Gasteiger partial charge >= 0.3 is 12.2 Å². The SMILES string of the molecule is CN(C(=O)O[C@@H]1CC[C@H](N)C[C@H]1NC(=O)OC(C)(C)C)c1ccc2c(n1)NC(=O)CO2. The molecule has 3 atom stereocenters. The fourth-order valence-electron chi connectivity index (χ4n) is 3.37. The van der Waals surface area contributed by atoms with Crippen LogP contribution in [0, 0.1) is 0 Å². The standard InChI is InChI=1S/C20H29N5O6/c1-20(2,3)31-18(27)22-12-9-11(21)5-6-13(12)30-19(28)25(4)15-8-7-14-17(23-15)24-16(26)10-29-14/h7-8,11-13H,5-6,9-10,21H2,1-4H3,(H,22,27)(H,23,24,26)/t11-,12+,13+/m0/s1. The van der Waals surface area contributed by atoms with Crippen LogP contribution in [0.3, 0.4) is 0 Å². The Hall–Kier alpha value is -3.08. The summed E-state index contributed by atoms with van der Waals surface area (Å²) in [4.78, 5) is 41.9. The highest BCUT2D eigenvalue weighted by Gasteiger charge is 2.35. The Morgan fingerprint density at radius 1 is 1.32 bits per heavy atom. The summed E-state index contributed by atoms with van der Waals surface area (Å²) in [6.07, 6.45) is -0.179. The maximum absolute atomic E-state index is 12.8. The Balaban J connectivity index is 1.66. The highest BCUT2D eigenvalue weighted by molar-refractivity contribution is 5.95. The van der Waals surface area contributed by atoms with E-state index in [1.807, 2.05) is 0 Å². The first-order chi connectivity index (χ1) is 14.5. The number of nitrogens with two attached hydrogens (primary N) is 1. The second kappa shape index (κ2) is 8.96. The normalized spacial score (nSPS) is 23.0. The van der Waals surface area contributed by atoms with Crippen molar-refractivity contribution in [3.63, 3.8) is 0 Å². The van der Waals surface area contributed by atoms with Gasteiger partial charge in [0.15, 0.2) is 18.2 Å². The Kier molecular flexibility index (Phi) is 6.54.